The molecule has 1 amide bonds. The molecule has 43 heavy (non-hydrogen) atoms. The molecule has 3 rings (SSSR count). The van der Waals surface area contributed by atoms with Crippen LogP contribution in [0.5, 0.6) is 5.75 Å². The Kier molecular flexibility index (Phi) is 12.2. The minimum absolute atomic E-state index is 0.0279. The Labute approximate surface area is 255 Å². The molecule has 13 heteroatoms. The average molecular weight is 618 g/mol. The average Bonchev–Trinajstić information content (AvgIpc) is 2.93. The van der Waals surface area contributed by atoms with Gasteiger partial charge in [-0.05, 0) is 36.7 Å². The number of methoxy groups -OCH3 is 1. The molecule has 1 aromatic heterocycles. The van der Waals surface area contributed by atoms with Crippen molar-refractivity contribution >= 4 is 51.6 Å². The van der Waals surface area contributed by atoms with Crippen LogP contribution in [0.15, 0.2) is 48.8 Å². The fourth-order valence-corrected chi connectivity index (χ4v) is 4.19. The van der Waals surface area contributed by atoms with Crippen LogP contribution in [0.3, 0.4) is 0 Å². The first-order valence-corrected chi connectivity index (χ1v) is 13.9. The summed E-state index contributed by atoms with van der Waals surface area (Å²) in [6.45, 7) is 7.40. The first-order valence-electron chi connectivity index (χ1n) is 13.5. The van der Waals surface area contributed by atoms with Gasteiger partial charge in [0.15, 0.2) is 6.10 Å². The Bertz CT molecular complexity index is 1450. The maximum absolute atomic E-state index is 13.6. The van der Waals surface area contributed by atoms with Crippen LogP contribution in [0.1, 0.15) is 20.8 Å². The number of hydrogen-bond donors (Lipinski definition) is 3. The van der Waals surface area contributed by atoms with Crippen molar-refractivity contribution < 1.29 is 33.3 Å². The van der Waals surface area contributed by atoms with Gasteiger partial charge in [-0.25, -0.2) is 19.2 Å². The monoisotopic (exact) mass is 617 g/mol. The lowest BCUT2D eigenvalue weighted by Gasteiger charge is -2.26. The molecule has 0 aliphatic heterocycles. The minimum atomic E-state index is -0.995. The highest BCUT2D eigenvalue weighted by Gasteiger charge is 2.31. The smallest absolute Gasteiger partial charge is 0.333 e. The van der Waals surface area contributed by atoms with E-state index < -0.39 is 23.3 Å². The lowest BCUT2D eigenvalue weighted by Crippen LogP contribution is -2.37. The summed E-state index contributed by atoms with van der Waals surface area (Å²) < 4.78 is 30.1. The normalized spacial score (nSPS) is 12.6. The predicted octanol–water partition coefficient (Wildman–Crippen LogP) is 5.13. The van der Waals surface area contributed by atoms with E-state index in [1.807, 2.05) is 32.7 Å². The van der Waals surface area contributed by atoms with Gasteiger partial charge in [0.2, 0.25) is 5.91 Å². The van der Waals surface area contributed by atoms with Crippen molar-refractivity contribution in [1.82, 2.24) is 14.9 Å². The fraction of sp³-hybridized carbons (Fsp3) is 0.400. The molecule has 0 saturated heterocycles. The molecule has 1 atom stereocenters. The van der Waals surface area contributed by atoms with E-state index in [0.29, 0.717) is 53.5 Å². The van der Waals surface area contributed by atoms with E-state index in [-0.39, 0.29) is 24.1 Å². The SMILES string of the molecule is COc1cc2ncnc(Nc3ccc(F)c(Cl)c3)c2cc1NC(=O)C=CCN(C)CCOCCOC(C(=O)O)C(C)(C)C. The van der Waals surface area contributed by atoms with Crippen LogP contribution in [0.2, 0.25) is 5.02 Å². The highest BCUT2D eigenvalue weighted by atomic mass is 35.5. The summed E-state index contributed by atoms with van der Waals surface area (Å²) in [5.41, 5.74) is 1.01. The molecule has 0 aliphatic rings. The molecule has 3 aromatic rings. The molecular weight excluding hydrogens is 581 g/mol. The number of amides is 1. The Morgan fingerprint density at radius 1 is 1.16 bits per heavy atom. The zero-order valence-corrected chi connectivity index (χ0v) is 25.6. The minimum Gasteiger partial charge on any atom is -0.494 e. The number of ether oxygens (including phenoxy) is 3. The van der Waals surface area contributed by atoms with E-state index >= 15 is 0 Å². The molecule has 0 bridgehead atoms. The second-order valence-corrected chi connectivity index (χ2v) is 11.2. The number of carboxylic acid groups (broad SMARTS) is 1. The molecular formula is C30H37ClFN5O6. The van der Waals surface area contributed by atoms with Gasteiger partial charge in [0.05, 0.1) is 43.2 Å². The summed E-state index contributed by atoms with van der Waals surface area (Å²) in [6, 6.07) is 7.61. The largest absolute Gasteiger partial charge is 0.494 e. The van der Waals surface area contributed by atoms with Gasteiger partial charge in [0.1, 0.15) is 23.7 Å². The van der Waals surface area contributed by atoms with Gasteiger partial charge < -0.3 is 34.9 Å². The van der Waals surface area contributed by atoms with Crippen LogP contribution in [0.4, 0.5) is 21.6 Å². The van der Waals surface area contributed by atoms with Crippen LogP contribution in [0, 0.1) is 11.2 Å². The van der Waals surface area contributed by atoms with Crippen LogP contribution in [-0.4, -0.2) is 85.0 Å². The molecule has 11 nitrogen and oxygen atoms in total. The molecule has 0 spiro atoms. The highest BCUT2D eigenvalue weighted by molar-refractivity contribution is 6.31. The van der Waals surface area contributed by atoms with Gasteiger partial charge in [0.25, 0.3) is 0 Å². The summed E-state index contributed by atoms with van der Waals surface area (Å²) in [7, 11) is 3.38. The van der Waals surface area contributed by atoms with E-state index in [4.69, 9.17) is 25.8 Å². The van der Waals surface area contributed by atoms with Crippen LogP contribution < -0.4 is 15.4 Å². The molecule has 1 unspecified atom stereocenters. The summed E-state index contributed by atoms with van der Waals surface area (Å²) in [5, 5.41) is 15.8. The number of aromatic nitrogens is 2. The molecule has 0 radical (unpaired) electrons. The topological polar surface area (TPSA) is 135 Å². The number of carbonyl (C=O) groups excluding carboxylic acids is 1. The van der Waals surface area contributed by atoms with E-state index in [1.165, 1.54) is 37.7 Å². The maximum Gasteiger partial charge on any atom is 0.333 e. The third-order valence-electron chi connectivity index (χ3n) is 6.22. The molecule has 1 heterocycles. The van der Waals surface area contributed by atoms with Gasteiger partial charge in [-0.3, -0.25) is 4.79 Å². The van der Waals surface area contributed by atoms with E-state index in [9.17, 15) is 19.1 Å². The molecule has 232 valence electrons. The van der Waals surface area contributed by atoms with Crippen LogP contribution in [-0.2, 0) is 19.1 Å². The number of fused-ring (bicyclic) bond motifs is 1. The van der Waals surface area contributed by atoms with Crippen molar-refractivity contribution in [3.05, 3.63) is 59.7 Å². The van der Waals surface area contributed by atoms with Crippen molar-refractivity contribution in [3.8, 4) is 5.75 Å². The molecule has 0 saturated carbocycles. The Morgan fingerprint density at radius 3 is 2.60 bits per heavy atom. The van der Waals surface area contributed by atoms with Gasteiger partial charge in [0, 0.05) is 36.3 Å². The second-order valence-electron chi connectivity index (χ2n) is 10.8. The zero-order valence-electron chi connectivity index (χ0n) is 24.8. The quantitative estimate of drug-likeness (QED) is 0.155. The van der Waals surface area contributed by atoms with Gasteiger partial charge in [-0.15, -0.1) is 0 Å². The summed E-state index contributed by atoms with van der Waals surface area (Å²) >= 11 is 5.91. The van der Waals surface area contributed by atoms with E-state index in [0.717, 1.165) is 0 Å². The van der Waals surface area contributed by atoms with Crippen molar-refractivity contribution in [2.24, 2.45) is 5.41 Å². The number of likely N-dealkylation sites (N-methyl/N-ethyl adjacent to an activating group) is 1. The lowest BCUT2D eigenvalue weighted by atomic mass is 9.89. The number of nitrogens with zero attached hydrogens (tertiary/aromatic N) is 3. The van der Waals surface area contributed by atoms with Crippen molar-refractivity contribution in [1.29, 1.82) is 0 Å². The second kappa shape index (κ2) is 15.6. The Balaban J connectivity index is 1.52. The van der Waals surface area contributed by atoms with Gasteiger partial charge >= 0.3 is 5.97 Å². The van der Waals surface area contributed by atoms with E-state index in [1.54, 1.807) is 18.2 Å². The number of anilines is 3. The Hall–Kier alpha value is -3.84. The van der Waals surface area contributed by atoms with Crippen LogP contribution >= 0.6 is 11.6 Å². The number of benzene rings is 2. The summed E-state index contributed by atoms with van der Waals surface area (Å²) in [5.74, 6) is -1.03. The lowest BCUT2D eigenvalue weighted by molar-refractivity contribution is -0.159. The number of rotatable bonds is 15. The first kappa shape index (κ1) is 33.7. The number of carbonyl (C=O) groups is 2. The fourth-order valence-electron chi connectivity index (χ4n) is 4.01. The van der Waals surface area contributed by atoms with Crippen molar-refractivity contribution in [2.45, 2.75) is 26.9 Å². The maximum atomic E-state index is 13.6. The van der Waals surface area contributed by atoms with Crippen molar-refractivity contribution in [3.63, 3.8) is 0 Å². The van der Waals surface area contributed by atoms with Crippen molar-refractivity contribution in [2.75, 3.05) is 57.7 Å². The molecule has 0 aliphatic carbocycles. The molecule has 3 N–H and O–H groups in total. The standard InChI is InChI=1S/C30H37ClFN5O6/c1-30(2,3)27(29(39)40)43-14-13-42-12-11-37(4)10-6-7-26(38)36-24-16-20-23(17-25(24)41-5)33-18-34-28(20)35-19-8-9-22(32)21(31)15-19/h6-9,15-18,27H,10-14H2,1-5H3,(H,36,38)(H,39,40)(H,33,34,35). The number of nitrogens with one attached hydrogen (secondary N) is 2. The van der Waals surface area contributed by atoms with E-state index in [2.05, 4.69) is 20.6 Å². The third-order valence-corrected chi connectivity index (χ3v) is 6.51. The highest BCUT2D eigenvalue weighted by Crippen LogP contribution is 2.33. The number of carboxylic acids is 1. The number of aliphatic carboxylic acids is 1. The van der Waals surface area contributed by atoms with Crippen LogP contribution in [0.25, 0.3) is 10.9 Å². The predicted molar refractivity (Wildman–Crippen MR) is 164 cm³/mol. The van der Waals surface area contributed by atoms with Gasteiger partial charge in [-0.1, -0.05) is 38.4 Å². The third kappa shape index (κ3) is 10.1. The molecule has 2 aromatic carbocycles. The Morgan fingerprint density at radius 2 is 1.93 bits per heavy atom. The zero-order chi connectivity index (χ0) is 31.6. The summed E-state index contributed by atoms with van der Waals surface area (Å²) in [4.78, 5) is 34.6. The van der Waals surface area contributed by atoms with Gasteiger partial charge in [-0.2, -0.15) is 0 Å². The first-order chi connectivity index (χ1) is 20.4. The number of hydrogen-bond acceptors (Lipinski definition) is 9. The number of halogens is 2. The molecule has 0 fully saturated rings. The summed E-state index contributed by atoms with van der Waals surface area (Å²) in [6.07, 6.45) is 3.63.